The van der Waals surface area contributed by atoms with E-state index in [0.717, 1.165) is 10.9 Å². The summed E-state index contributed by atoms with van der Waals surface area (Å²) >= 11 is 0. The number of carboxylic acid groups (broad SMARTS) is 1. The van der Waals surface area contributed by atoms with E-state index < -0.39 is 24.0 Å². The van der Waals surface area contributed by atoms with Crippen molar-refractivity contribution in [3.8, 4) is 5.75 Å². The van der Waals surface area contributed by atoms with Gasteiger partial charge in [-0.05, 0) is 30.7 Å². The second-order valence-electron chi connectivity index (χ2n) is 5.16. The van der Waals surface area contributed by atoms with Crippen LogP contribution in [0.2, 0.25) is 0 Å². The van der Waals surface area contributed by atoms with E-state index in [4.69, 9.17) is 4.74 Å². The van der Waals surface area contributed by atoms with Crippen molar-refractivity contribution >= 4 is 28.6 Å². The molecule has 0 aliphatic carbocycles. The van der Waals surface area contributed by atoms with Gasteiger partial charge in [-0.3, -0.25) is 4.79 Å². The fourth-order valence-electron chi connectivity index (χ4n) is 2.82. The molecule has 1 aliphatic rings. The van der Waals surface area contributed by atoms with Gasteiger partial charge in [-0.1, -0.05) is 0 Å². The van der Waals surface area contributed by atoms with Crippen LogP contribution in [-0.2, 0) is 4.79 Å². The van der Waals surface area contributed by atoms with Gasteiger partial charge >= 0.3 is 12.0 Å². The molecule has 2 unspecified atom stereocenters. The number of carbonyl (C=O) groups is 2. The van der Waals surface area contributed by atoms with Crippen LogP contribution in [0.25, 0.3) is 10.9 Å². The van der Waals surface area contributed by atoms with Crippen LogP contribution in [0.1, 0.15) is 18.5 Å². The molecule has 22 heavy (non-hydrogen) atoms. The third kappa shape index (κ3) is 2.20. The summed E-state index contributed by atoms with van der Waals surface area (Å²) in [7, 11) is 1.54. The summed E-state index contributed by atoms with van der Waals surface area (Å²) < 4.78 is 5.35. The van der Waals surface area contributed by atoms with Gasteiger partial charge in [-0.2, -0.15) is 0 Å². The maximum absolute atomic E-state index is 11.7. The maximum atomic E-state index is 11.7. The highest BCUT2D eigenvalue weighted by Crippen LogP contribution is 2.33. The number of rotatable bonds is 3. The van der Waals surface area contributed by atoms with Gasteiger partial charge in [0.05, 0.1) is 18.7 Å². The lowest BCUT2D eigenvalue weighted by atomic mass is 9.88. The quantitative estimate of drug-likeness (QED) is 0.807. The molecule has 3 N–H and O–H groups in total. The monoisotopic (exact) mass is 301 g/mol. The molecule has 2 aromatic rings. The van der Waals surface area contributed by atoms with Gasteiger partial charge in [0, 0.05) is 17.3 Å². The molecule has 0 radical (unpaired) electrons. The predicted octanol–water partition coefficient (Wildman–Crippen LogP) is 2.10. The van der Waals surface area contributed by atoms with E-state index >= 15 is 0 Å². The van der Waals surface area contributed by atoms with Crippen molar-refractivity contribution < 1.29 is 19.4 Å². The van der Waals surface area contributed by atoms with Gasteiger partial charge in [0.2, 0.25) is 0 Å². The molecular weight excluding hydrogens is 286 g/mol. The Morgan fingerprint density at radius 2 is 2.18 bits per heavy atom. The van der Waals surface area contributed by atoms with E-state index in [-0.39, 0.29) is 5.71 Å². The molecule has 0 bridgehead atoms. The Labute approximate surface area is 126 Å². The molecule has 1 aliphatic heterocycles. The summed E-state index contributed by atoms with van der Waals surface area (Å²) in [6, 6.07) is 4.22. The second-order valence-corrected chi connectivity index (χ2v) is 5.16. The Kier molecular flexibility index (Phi) is 3.32. The number of nitrogens with zero attached hydrogens (tertiary/aromatic N) is 1. The molecule has 1 aromatic heterocycles. The topological polar surface area (TPSA) is 104 Å². The molecule has 7 nitrogen and oxygen atoms in total. The third-order valence-electron chi connectivity index (χ3n) is 3.83. The summed E-state index contributed by atoms with van der Waals surface area (Å²) in [5.74, 6) is -1.34. The van der Waals surface area contributed by atoms with Crippen molar-refractivity contribution in [1.82, 2.24) is 10.3 Å². The minimum Gasteiger partial charge on any atom is -0.495 e. The molecule has 0 saturated heterocycles. The standard InChI is InChI=1S/C15H15N3O4/c1-7-11(14(19)20)13(18-15(21)17-7)9-5-8-3-4-16-12(8)10(6-9)22-2/h3-6,11,13,16H,1-2H3,(H,18,21)(H,19,20). The summed E-state index contributed by atoms with van der Waals surface area (Å²) in [6.07, 6.45) is 1.78. The van der Waals surface area contributed by atoms with Crippen molar-refractivity contribution in [2.75, 3.05) is 7.11 Å². The zero-order valence-electron chi connectivity index (χ0n) is 12.1. The fraction of sp³-hybridized carbons (Fsp3) is 0.267. The molecule has 7 heteroatoms. The number of fused-ring (bicyclic) bond motifs is 1. The number of urea groups is 1. The average molecular weight is 301 g/mol. The summed E-state index contributed by atoms with van der Waals surface area (Å²) in [5, 5.41) is 13.0. The number of methoxy groups -OCH3 is 1. The smallest absolute Gasteiger partial charge is 0.341 e. The zero-order chi connectivity index (χ0) is 15.9. The van der Waals surface area contributed by atoms with Crippen molar-refractivity contribution in [3.63, 3.8) is 0 Å². The first kappa shape index (κ1) is 14.1. The van der Waals surface area contributed by atoms with Crippen LogP contribution in [0.5, 0.6) is 5.75 Å². The Morgan fingerprint density at radius 1 is 1.41 bits per heavy atom. The largest absolute Gasteiger partial charge is 0.495 e. The number of amides is 2. The maximum Gasteiger partial charge on any atom is 0.341 e. The summed E-state index contributed by atoms with van der Waals surface area (Å²) in [5.41, 5.74) is 1.78. The van der Waals surface area contributed by atoms with E-state index in [1.165, 1.54) is 0 Å². The highest BCUT2D eigenvalue weighted by atomic mass is 16.5. The van der Waals surface area contributed by atoms with E-state index in [1.807, 2.05) is 12.1 Å². The molecule has 2 atom stereocenters. The Bertz CT molecular complexity index is 793. The number of aliphatic imine (C=N–C) groups is 1. The van der Waals surface area contributed by atoms with Crippen LogP contribution in [0.4, 0.5) is 4.79 Å². The van der Waals surface area contributed by atoms with E-state index in [0.29, 0.717) is 11.3 Å². The molecule has 2 heterocycles. The first-order valence-electron chi connectivity index (χ1n) is 6.74. The number of hydrogen-bond donors (Lipinski definition) is 3. The SMILES string of the molecule is COc1cc(C2NC(=O)N=C(C)C2C(=O)O)cc2cc[nH]c12. The minimum atomic E-state index is -1.03. The summed E-state index contributed by atoms with van der Waals surface area (Å²) in [6.45, 7) is 1.55. The molecule has 114 valence electrons. The van der Waals surface area contributed by atoms with Crippen molar-refractivity contribution in [1.29, 1.82) is 0 Å². The predicted molar refractivity (Wildman–Crippen MR) is 80.4 cm³/mol. The molecule has 2 amide bonds. The van der Waals surface area contributed by atoms with Gasteiger partial charge in [0.15, 0.2) is 0 Å². The minimum absolute atomic E-state index is 0.286. The normalized spacial score (nSPS) is 21.4. The van der Waals surface area contributed by atoms with Crippen LogP contribution in [-0.4, -0.2) is 34.9 Å². The molecule has 0 spiro atoms. The zero-order valence-corrected chi connectivity index (χ0v) is 12.1. The molecular formula is C15H15N3O4. The molecule has 0 fully saturated rings. The average Bonchev–Trinajstić information content (AvgIpc) is 2.93. The lowest BCUT2D eigenvalue weighted by Gasteiger charge is -2.28. The first-order chi connectivity index (χ1) is 10.5. The first-order valence-corrected chi connectivity index (χ1v) is 6.74. The van der Waals surface area contributed by atoms with Crippen molar-refractivity contribution in [2.45, 2.75) is 13.0 Å². The Morgan fingerprint density at radius 3 is 2.86 bits per heavy atom. The number of carbonyl (C=O) groups excluding carboxylic acids is 1. The third-order valence-corrected chi connectivity index (χ3v) is 3.83. The molecule has 0 saturated carbocycles. The number of aliphatic carboxylic acids is 1. The van der Waals surface area contributed by atoms with Crippen LogP contribution in [0, 0.1) is 5.92 Å². The fourth-order valence-corrected chi connectivity index (χ4v) is 2.82. The number of carboxylic acids is 1. The Hall–Kier alpha value is -2.83. The highest BCUT2D eigenvalue weighted by Gasteiger charge is 2.37. The number of aromatic nitrogens is 1. The van der Waals surface area contributed by atoms with Crippen LogP contribution < -0.4 is 10.1 Å². The summed E-state index contributed by atoms with van der Waals surface area (Å²) in [4.78, 5) is 30.0. The van der Waals surface area contributed by atoms with E-state index in [9.17, 15) is 14.7 Å². The van der Waals surface area contributed by atoms with Gasteiger partial charge in [0.25, 0.3) is 0 Å². The molecule has 3 rings (SSSR count). The number of benzene rings is 1. The number of hydrogen-bond acceptors (Lipinski definition) is 3. The van der Waals surface area contributed by atoms with Gasteiger partial charge in [-0.15, -0.1) is 0 Å². The van der Waals surface area contributed by atoms with E-state index in [1.54, 1.807) is 26.3 Å². The lowest BCUT2D eigenvalue weighted by Crippen LogP contribution is -2.43. The van der Waals surface area contributed by atoms with Gasteiger partial charge < -0.3 is 20.1 Å². The van der Waals surface area contributed by atoms with Crippen LogP contribution in [0.15, 0.2) is 29.4 Å². The Balaban J connectivity index is 2.14. The van der Waals surface area contributed by atoms with Crippen molar-refractivity contribution in [3.05, 3.63) is 30.0 Å². The molecule has 1 aromatic carbocycles. The number of H-pyrrole nitrogens is 1. The van der Waals surface area contributed by atoms with Crippen LogP contribution in [0.3, 0.4) is 0 Å². The van der Waals surface area contributed by atoms with Crippen LogP contribution >= 0.6 is 0 Å². The number of ether oxygens (including phenoxy) is 1. The number of nitrogens with one attached hydrogen (secondary N) is 2. The van der Waals surface area contributed by atoms with Crippen molar-refractivity contribution in [2.24, 2.45) is 10.9 Å². The lowest BCUT2D eigenvalue weighted by molar-refractivity contribution is -0.140. The van der Waals surface area contributed by atoms with Gasteiger partial charge in [-0.25, -0.2) is 9.79 Å². The van der Waals surface area contributed by atoms with Gasteiger partial charge in [0.1, 0.15) is 11.7 Å². The number of aromatic amines is 1. The van der Waals surface area contributed by atoms with E-state index in [2.05, 4.69) is 15.3 Å². The highest BCUT2D eigenvalue weighted by molar-refractivity contribution is 6.07. The second kappa shape index (κ2) is 5.18.